The summed E-state index contributed by atoms with van der Waals surface area (Å²) in [5.41, 5.74) is 0.966. The molecule has 1 aromatic heterocycles. The minimum Gasteiger partial charge on any atom is -0.465 e. The van der Waals surface area contributed by atoms with Crippen LogP contribution in [0.1, 0.15) is 52.2 Å². The minimum atomic E-state index is -0.413. The average Bonchev–Trinajstić information content (AvgIpc) is 2.74. The second-order valence-corrected chi connectivity index (χ2v) is 7.79. The van der Waals surface area contributed by atoms with Crippen LogP contribution in [0.15, 0.2) is 30.3 Å². The van der Waals surface area contributed by atoms with Crippen molar-refractivity contribution in [1.82, 2.24) is 15.3 Å². The Morgan fingerprint density at radius 3 is 2.20 bits per heavy atom. The normalized spacial score (nSPS) is 18.4. The second-order valence-electron chi connectivity index (χ2n) is 7.79. The van der Waals surface area contributed by atoms with Gasteiger partial charge in [-0.2, -0.15) is 0 Å². The maximum Gasteiger partial charge on any atom is 0.337 e. The number of carbonyl (C=O) groups is 2. The number of methoxy groups -OCH3 is 1. The summed E-state index contributed by atoms with van der Waals surface area (Å²) >= 11 is 0. The van der Waals surface area contributed by atoms with Crippen molar-refractivity contribution in [2.75, 3.05) is 31.4 Å². The van der Waals surface area contributed by atoms with Crippen molar-refractivity contribution in [3.8, 4) is 0 Å². The molecule has 0 atom stereocenters. The molecule has 1 aliphatic carbocycles. The van der Waals surface area contributed by atoms with Gasteiger partial charge in [-0.3, -0.25) is 4.79 Å². The van der Waals surface area contributed by atoms with Crippen molar-refractivity contribution < 1.29 is 14.3 Å². The number of amides is 1. The molecule has 1 fully saturated rings. The molecule has 1 amide bonds. The number of hydrogen-bond donors (Lipinski definition) is 2. The van der Waals surface area contributed by atoms with E-state index in [9.17, 15) is 9.59 Å². The number of nitrogens with zero attached hydrogens (tertiary/aromatic N) is 3. The maximum atomic E-state index is 12.5. The zero-order chi connectivity index (χ0) is 21.7. The predicted molar refractivity (Wildman–Crippen MR) is 116 cm³/mol. The number of ether oxygens (including phenoxy) is 1. The van der Waals surface area contributed by atoms with E-state index in [1.807, 2.05) is 32.0 Å². The van der Waals surface area contributed by atoms with E-state index >= 15 is 0 Å². The fourth-order valence-electron chi connectivity index (χ4n) is 3.59. The van der Waals surface area contributed by atoms with Crippen molar-refractivity contribution in [1.29, 1.82) is 0 Å². The molecule has 1 aliphatic rings. The highest BCUT2D eigenvalue weighted by atomic mass is 16.5. The average molecular weight is 412 g/mol. The SMILES string of the molecule is COC(=O)c1ccc(C(=O)NC2CCC(Nc3cc(N(C)C)nc(C)n3)CC2)cc1. The summed E-state index contributed by atoms with van der Waals surface area (Å²) < 4.78 is 4.68. The third kappa shape index (κ3) is 5.46. The topological polar surface area (TPSA) is 96.5 Å². The van der Waals surface area contributed by atoms with Gasteiger partial charge in [0.05, 0.1) is 12.7 Å². The predicted octanol–water partition coefficient (Wildman–Crippen LogP) is 2.79. The summed E-state index contributed by atoms with van der Waals surface area (Å²) in [7, 11) is 5.26. The Bertz CT molecular complexity index is 890. The van der Waals surface area contributed by atoms with Crippen LogP contribution in [-0.4, -0.2) is 55.1 Å². The standard InChI is InChI=1S/C22H29N5O3/c1-14-23-19(13-20(24-14)27(2)3)25-17-9-11-18(12-10-17)26-21(28)15-5-7-16(8-6-15)22(29)30-4/h5-8,13,17-18H,9-12H2,1-4H3,(H,26,28)(H,23,24,25). The van der Waals surface area contributed by atoms with Gasteiger partial charge < -0.3 is 20.3 Å². The lowest BCUT2D eigenvalue weighted by atomic mass is 9.91. The number of anilines is 2. The van der Waals surface area contributed by atoms with E-state index in [0.717, 1.165) is 43.1 Å². The molecule has 8 heteroatoms. The molecule has 30 heavy (non-hydrogen) atoms. The molecule has 0 aliphatic heterocycles. The highest BCUT2D eigenvalue weighted by Gasteiger charge is 2.23. The van der Waals surface area contributed by atoms with E-state index in [0.29, 0.717) is 17.2 Å². The summed E-state index contributed by atoms with van der Waals surface area (Å²) in [6.07, 6.45) is 3.70. The van der Waals surface area contributed by atoms with E-state index in [1.165, 1.54) is 7.11 Å². The van der Waals surface area contributed by atoms with Gasteiger partial charge in [-0.25, -0.2) is 14.8 Å². The van der Waals surface area contributed by atoms with Crippen LogP contribution in [0.5, 0.6) is 0 Å². The Morgan fingerprint density at radius 1 is 1.00 bits per heavy atom. The molecular weight excluding hydrogens is 382 g/mol. The lowest BCUT2D eigenvalue weighted by molar-refractivity contribution is 0.0600. The molecule has 2 N–H and O–H groups in total. The molecule has 0 bridgehead atoms. The van der Waals surface area contributed by atoms with Gasteiger partial charge in [0, 0.05) is 37.8 Å². The van der Waals surface area contributed by atoms with Gasteiger partial charge in [-0.1, -0.05) is 0 Å². The highest BCUT2D eigenvalue weighted by molar-refractivity contribution is 5.96. The molecular formula is C22H29N5O3. The number of aryl methyl sites for hydroxylation is 1. The Labute approximate surface area is 177 Å². The summed E-state index contributed by atoms with van der Waals surface area (Å²) in [5, 5.41) is 6.61. The lowest BCUT2D eigenvalue weighted by Gasteiger charge is -2.30. The zero-order valence-corrected chi connectivity index (χ0v) is 17.9. The van der Waals surface area contributed by atoms with E-state index in [1.54, 1.807) is 24.3 Å². The molecule has 0 radical (unpaired) electrons. The first-order chi connectivity index (χ1) is 14.4. The van der Waals surface area contributed by atoms with E-state index in [-0.39, 0.29) is 11.9 Å². The van der Waals surface area contributed by atoms with Crippen LogP contribution in [0.25, 0.3) is 0 Å². The molecule has 0 saturated heterocycles. The largest absolute Gasteiger partial charge is 0.465 e. The number of rotatable bonds is 6. The molecule has 1 aromatic carbocycles. The first-order valence-corrected chi connectivity index (χ1v) is 10.1. The molecule has 1 heterocycles. The Morgan fingerprint density at radius 2 is 1.60 bits per heavy atom. The molecule has 0 spiro atoms. The quantitative estimate of drug-likeness (QED) is 0.706. The number of esters is 1. The summed E-state index contributed by atoms with van der Waals surface area (Å²) in [4.78, 5) is 34.9. The van der Waals surface area contributed by atoms with Crippen LogP contribution >= 0.6 is 0 Å². The Kier molecular flexibility index (Phi) is 6.87. The fourth-order valence-corrected chi connectivity index (χ4v) is 3.59. The van der Waals surface area contributed by atoms with Gasteiger partial charge >= 0.3 is 5.97 Å². The van der Waals surface area contributed by atoms with Crippen molar-refractivity contribution >= 4 is 23.5 Å². The monoisotopic (exact) mass is 411 g/mol. The van der Waals surface area contributed by atoms with Gasteiger partial charge in [0.2, 0.25) is 0 Å². The third-order valence-electron chi connectivity index (χ3n) is 5.27. The van der Waals surface area contributed by atoms with Crippen LogP contribution in [0, 0.1) is 6.92 Å². The van der Waals surface area contributed by atoms with Gasteiger partial charge in [-0.05, 0) is 56.9 Å². The number of nitrogens with one attached hydrogen (secondary N) is 2. The second kappa shape index (κ2) is 9.56. The van der Waals surface area contributed by atoms with Gasteiger partial charge in [0.1, 0.15) is 17.5 Å². The fraction of sp³-hybridized carbons (Fsp3) is 0.455. The van der Waals surface area contributed by atoms with E-state index in [4.69, 9.17) is 0 Å². The van der Waals surface area contributed by atoms with Gasteiger partial charge in [-0.15, -0.1) is 0 Å². The molecule has 160 valence electrons. The minimum absolute atomic E-state index is 0.120. The molecule has 0 unspecified atom stereocenters. The van der Waals surface area contributed by atoms with E-state index < -0.39 is 5.97 Å². The number of benzene rings is 1. The number of aromatic nitrogens is 2. The van der Waals surface area contributed by atoms with Crippen molar-refractivity contribution in [3.63, 3.8) is 0 Å². The molecule has 3 rings (SSSR count). The van der Waals surface area contributed by atoms with Crippen molar-refractivity contribution in [2.24, 2.45) is 0 Å². The first-order valence-electron chi connectivity index (χ1n) is 10.1. The number of hydrogen-bond acceptors (Lipinski definition) is 7. The Hall–Kier alpha value is -3.16. The van der Waals surface area contributed by atoms with Crippen LogP contribution in [0.2, 0.25) is 0 Å². The molecule has 1 saturated carbocycles. The lowest BCUT2D eigenvalue weighted by Crippen LogP contribution is -2.40. The summed E-state index contributed by atoms with van der Waals surface area (Å²) in [5.74, 6) is 1.92. The van der Waals surface area contributed by atoms with Crippen LogP contribution < -0.4 is 15.5 Å². The van der Waals surface area contributed by atoms with Crippen LogP contribution in [0.4, 0.5) is 11.6 Å². The smallest absolute Gasteiger partial charge is 0.337 e. The summed E-state index contributed by atoms with van der Waals surface area (Å²) in [6.45, 7) is 1.89. The van der Waals surface area contributed by atoms with Gasteiger partial charge in [0.25, 0.3) is 5.91 Å². The maximum absolute atomic E-state index is 12.5. The first kappa shape index (κ1) is 21.5. The number of carbonyl (C=O) groups excluding carboxylic acids is 2. The zero-order valence-electron chi connectivity index (χ0n) is 17.9. The van der Waals surface area contributed by atoms with Crippen molar-refractivity contribution in [3.05, 3.63) is 47.3 Å². The molecule has 2 aromatic rings. The summed E-state index contributed by atoms with van der Waals surface area (Å²) in [6, 6.07) is 8.92. The third-order valence-corrected chi connectivity index (χ3v) is 5.27. The van der Waals surface area contributed by atoms with Gasteiger partial charge in [0.15, 0.2) is 0 Å². The van der Waals surface area contributed by atoms with E-state index in [2.05, 4.69) is 25.3 Å². The molecule has 8 nitrogen and oxygen atoms in total. The van der Waals surface area contributed by atoms with Crippen LogP contribution in [-0.2, 0) is 4.74 Å². The van der Waals surface area contributed by atoms with Crippen molar-refractivity contribution in [2.45, 2.75) is 44.7 Å². The highest BCUT2D eigenvalue weighted by Crippen LogP contribution is 2.23. The van der Waals surface area contributed by atoms with Crippen LogP contribution in [0.3, 0.4) is 0 Å². The Balaban J connectivity index is 1.51.